The predicted octanol–water partition coefficient (Wildman–Crippen LogP) is 2.90. The fraction of sp³-hybridized carbons (Fsp3) is 0.429. The number of nitrogens with zero attached hydrogens (tertiary/aromatic N) is 1. The Morgan fingerprint density at radius 2 is 1.89 bits per heavy atom. The van der Waals surface area contributed by atoms with Crippen LogP contribution in [0.1, 0.15) is 31.1 Å². The third-order valence-corrected chi connectivity index (χ3v) is 3.28. The van der Waals surface area contributed by atoms with Crippen LogP contribution in [0.25, 0.3) is 0 Å². The van der Waals surface area contributed by atoms with Crippen LogP contribution in [0.15, 0.2) is 22.7 Å². The molecule has 0 N–H and O–H groups in total. The summed E-state index contributed by atoms with van der Waals surface area (Å²) in [6.07, 6.45) is 0. The third-order valence-electron chi connectivity index (χ3n) is 2.79. The Morgan fingerprint density at radius 3 is 2.42 bits per heavy atom. The summed E-state index contributed by atoms with van der Waals surface area (Å²) >= 11 is 3.31. The molecule has 0 aliphatic rings. The number of Topliss-reactive ketones (excluding diaryl/α,β-unsaturated/α-hetero) is 1. The topological polar surface area (TPSA) is 46.6 Å². The van der Waals surface area contributed by atoms with Crippen molar-refractivity contribution in [2.45, 2.75) is 20.8 Å². The van der Waals surface area contributed by atoms with Gasteiger partial charge in [-0.15, -0.1) is 0 Å². The van der Waals surface area contributed by atoms with Crippen LogP contribution in [-0.4, -0.2) is 36.3 Å². The number of hydrogen-bond donors (Lipinski definition) is 0. The SMILES string of the molecule is CCN(CC)C(=O)COc1ccc(Br)cc1C(C)=O. The van der Waals surface area contributed by atoms with Gasteiger partial charge in [0.05, 0.1) is 5.56 Å². The minimum Gasteiger partial charge on any atom is -0.483 e. The first-order chi connectivity index (χ1) is 8.99. The number of likely N-dealkylation sites (N-methyl/N-ethyl adjacent to an activating group) is 1. The standard InChI is InChI=1S/C14H18BrNO3/c1-4-16(5-2)14(18)9-19-13-7-6-11(15)8-12(13)10(3)17/h6-8H,4-5,9H2,1-3H3. The zero-order valence-electron chi connectivity index (χ0n) is 11.4. The monoisotopic (exact) mass is 327 g/mol. The van der Waals surface area contributed by atoms with E-state index in [9.17, 15) is 9.59 Å². The molecule has 0 aliphatic heterocycles. The van der Waals surface area contributed by atoms with E-state index < -0.39 is 0 Å². The minimum atomic E-state index is -0.0911. The zero-order valence-corrected chi connectivity index (χ0v) is 13.0. The van der Waals surface area contributed by atoms with Crippen molar-refractivity contribution in [3.63, 3.8) is 0 Å². The molecule has 0 fully saturated rings. The molecule has 0 saturated heterocycles. The molecule has 1 amide bonds. The molecule has 0 atom stereocenters. The highest BCUT2D eigenvalue weighted by molar-refractivity contribution is 9.10. The first kappa shape index (κ1) is 15.7. The summed E-state index contributed by atoms with van der Waals surface area (Å²) in [5.41, 5.74) is 0.474. The molecule has 0 spiro atoms. The van der Waals surface area contributed by atoms with Crippen LogP contribution in [0.2, 0.25) is 0 Å². The molecular formula is C14H18BrNO3. The number of benzene rings is 1. The number of ketones is 1. The molecule has 19 heavy (non-hydrogen) atoms. The highest BCUT2D eigenvalue weighted by atomic mass is 79.9. The lowest BCUT2D eigenvalue weighted by Gasteiger charge is -2.19. The molecule has 104 valence electrons. The van der Waals surface area contributed by atoms with Crippen molar-refractivity contribution in [1.82, 2.24) is 4.90 Å². The zero-order chi connectivity index (χ0) is 14.4. The van der Waals surface area contributed by atoms with Gasteiger partial charge in [0.1, 0.15) is 5.75 Å². The van der Waals surface area contributed by atoms with Crippen molar-refractivity contribution in [1.29, 1.82) is 0 Å². The molecule has 1 aromatic carbocycles. The quantitative estimate of drug-likeness (QED) is 0.755. The van der Waals surface area contributed by atoms with Crippen LogP contribution < -0.4 is 4.74 Å². The van der Waals surface area contributed by atoms with Crippen molar-refractivity contribution in [3.05, 3.63) is 28.2 Å². The van der Waals surface area contributed by atoms with Gasteiger partial charge in [-0.05, 0) is 39.0 Å². The summed E-state index contributed by atoms with van der Waals surface area (Å²) in [5, 5.41) is 0. The fourth-order valence-corrected chi connectivity index (χ4v) is 2.07. The van der Waals surface area contributed by atoms with Crippen molar-refractivity contribution >= 4 is 27.6 Å². The largest absolute Gasteiger partial charge is 0.483 e. The fourth-order valence-electron chi connectivity index (χ4n) is 1.71. The normalized spacial score (nSPS) is 10.1. The number of carbonyl (C=O) groups is 2. The van der Waals surface area contributed by atoms with Crippen molar-refractivity contribution < 1.29 is 14.3 Å². The van der Waals surface area contributed by atoms with Crippen molar-refractivity contribution in [3.8, 4) is 5.75 Å². The molecule has 1 rings (SSSR count). The van der Waals surface area contributed by atoms with Crippen molar-refractivity contribution in [2.24, 2.45) is 0 Å². The molecule has 0 bridgehead atoms. The summed E-state index contributed by atoms with van der Waals surface area (Å²) < 4.78 is 6.27. The number of ether oxygens (including phenoxy) is 1. The second-order valence-corrected chi connectivity index (χ2v) is 4.97. The van der Waals surface area contributed by atoms with E-state index in [0.717, 1.165) is 4.47 Å². The molecule has 0 saturated carbocycles. The lowest BCUT2D eigenvalue weighted by Crippen LogP contribution is -2.34. The van der Waals surface area contributed by atoms with Gasteiger partial charge in [0, 0.05) is 17.6 Å². The van der Waals surface area contributed by atoms with Gasteiger partial charge in [-0.1, -0.05) is 15.9 Å². The first-order valence-electron chi connectivity index (χ1n) is 6.20. The number of halogens is 1. The maximum atomic E-state index is 11.8. The van der Waals surface area contributed by atoms with Crippen LogP contribution in [0.3, 0.4) is 0 Å². The van der Waals surface area contributed by atoms with Crippen molar-refractivity contribution in [2.75, 3.05) is 19.7 Å². The highest BCUT2D eigenvalue weighted by Gasteiger charge is 2.13. The summed E-state index contributed by atoms with van der Waals surface area (Å²) in [6, 6.07) is 5.17. The highest BCUT2D eigenvalue weighted by Crippen LogP contribution is 2.23. The minimum absolute atomic E-state index is 0.0520. The molecule has 4 nitrogen and oxygen atoms in total. The predicted molar refractivity (Wildman–Crippen MR) is 77.6 cm³/mol. The summed E-state index contributed by atoms with van der Waals surface area (Å²) in [5.74, 6) is 0.269. The average molecular weight is 328 g/mol. The number of rotatable bonds is 6. The van der Waals surface area contributed by atoms with Gasteiger partial charge in [-0.2, -0.15) is 0 Å². The van der Waals surface area contributed by atoms with Crippen LogP contribution in [0.4, 0.5) is 0 Å². The van der Waals surface area contributed by atoms with Gasteiger partial charge in [-0.25, -0.2) is 0 Å². The lowest BCUT2D eigenvalue weighted by atomic mass is 10.1. The van der Waals surface area contributed by atoms with E-state index in [0.29, 0.717) is 24.4 Å². The summed E-state index contributed by atoms with van der Waals surface area (Å²) in [6.45, 7) is 6.56. The van der Waals surface area contributed by atoms with Gasteiger partial charge < -0.3 is 9.64 Å². The lowest BCUT2D eigenvalue weighted by molar-refractivity contribution is -0.132. The Bertz CT molecular complexity index is 470. The summed E-state index contributed by atoms with van der Waals surface area (Å²) in [4.78, 5) is 25.0. The average Bonchev–Trinajstić information content (AvgIpc) is 2.38. The van der Waals surface area contributed by atoms with Crippen LogP contribution in [-0.2, 0) is 4.79 Å². The van der Waals surface area contributed by atoms with Gasteiger partial charge in [0.15, 0.2) is 12.4 Å². The number of amides is 1. The van der Waals surface area contributed by atoms with Crippen LogP contribution >= 0.6 is 15.9 Å². The molecule has 0 radical (unpaired) electrons. The van der Waals surface area contributed by atoms with E-state index in [1.807, 2.05) is 13.8 Å². The molecule has 0 aromatic heterocycles. The number of hydrogen-bond acceptors (Lipinski definition) is 3. The van der Waals surface area contributed by atoms with Crippen LogP contribution in [0, 0.1) is 0 Å². The Hall–Kier alpha value is -1.36. The van der Waals surface area contributed by atoms with E-state index in [4.69, 9.17) is 4.74 Å². The molecular weight excluding hydrogens is 310 g/mol. The van der Waals surface area contributed by atoms with E-state index in [1.165, 1.54) is 6.92 Å². The Labute approximate surface area is 121 Å². The van der Waals surface area contributed by atoms with E-state index in [1.54, 1.807) is 23.1 Å². The van der Waals surface area contributed by atoms with Gasteiger partial charge in [-0.3, -0.25) is 9.59 Å². The molecule has 5 heteroatoms. The van der Waals surface area contributed by atoms with Crippen LogP contribution in [0.5, 0.6) is 5.75 Å². The second-order valence-electron chi connectivity index (χ2n) is 4.05. The maximum absolute atomic E-state index is 11.8. The van der Waals surface area contributed by atoms with E-state index in [2.05, 4.69) is 15.9 Å². The summed E-state index contributed by atoms with van der Waals surface area (Å²) in [7, 11) is 0. The van der Waals surface area contributed by atoms with Gasteiger partial charge in [0.25, 0.3) is 5.91 Å². The Balaban J connectivity index is 2.78. The van der Waals surface area contributed by atoms with E-state index >= 15 is 0 Å². The molecule has 0 unspecified atom stereocenters. The maximum Gasteiger partial charge on any atom is 0.260 e. The number of carbonyl (C=O) groups excluding carboxylic acids is 2. The first-order valence-corrected chi connectivity index (χ1v) is 6.99. The Kier molecular flexibility index (Phi) is 6.02. The molecule has 1 aromatic rings. The molecule has 0 heterocycles. The Morgan fingerprint density at radius 1 is 1.26 bits per heavy atom. The molecule has 0 aliphatic carbocycles. The third kappa shape index (κ3) is 4.35. The smallest absolute Gasteiger partial charge is 0.260 e. The second kappa shape index (κ2) is 7.28. The van der Waals surface area contributed by atoms with E-state index in [-0.39, 0.29) is 18.3 Å². The van der Waals surface area contributed by atoms with Gasteiger partial charge in [0.2, 0.25) is 0 Å². The van der Waals surface area contributed by atoms with Gasteiger partial charge >= 0.3 is 0 Å².